The van der Waals surface area contributed by atoms with Crippen LogP contribution in [0.25, 0.3) is 0 Å². The summed E-state index contributed by atoms with van der Waals surface area (Å²) in [5, 5.41) is 0.858. The lowest BCUT2D eigenvalue weighted by Gasteiger charge is -2.21. The van der Waals surface area contributed by atoms with Crippen LogP contribution in [-0.2, 0) is 0 Å². The molecule has 3 nitrogen and oxygen atoms in total. The van der Waals surface area contributed by atoms with E-state index < -0.39 is 0 Å². The number of halogens is 1. The fourth-order valence-corrected chi connectivity index (χ4v) is 2.90. The molecule has 0 fully saturated rings. The average molecular weight is 353 g/mol. The first kappa shape index (κ1) is 15.2. The maximum absolute atomic E-state index is 5.91. The summed E-state index contributed by atoms with van der Waals surface area (Å²) >= 11 is 5.04. The third kappa shape index (κ3) is 4.42. The summed E-state index contributed by atoms with van der Waals surface area (Å²) in [6.07, 6.45) is 0. The molecular formula is C15H17BrN2OS. The van der Waals surface area contributed by atoms with Crippen molar-refractivity contribution >= 4 is 33.4 Å². The van der Waals surface area contributed by atoms with Crippen LogP contribution in [-0.4, -0.2) is 10.6 Å². The normalized spacial score (nSPS) is 11.4. The van der Waals surface area contributed by atoms with Crippen molar-refractivity contribution in [2.45, 2.75) is 36.3 Å². The topological polar surface area (TPSA) is 48.1 Å². The molecule has 0 aliphatic rings. The molecule has 0 spiro atoms. The smallest absolute Gasteiger partial charge is 0.238 e. The number of nitrogens with two attached hydrogens (primary N) is 1. The van der Waals surface area contributed by atoms with Crippen LogP contribution >= 0.6 is 27.7 Å². The van der Waals surface area contributed by atoms with E-state index in [4.69, 9.17) is 10.5 Å². The Labute approximate surface area is 132 Å². The monoisotopic (exact) mass is 352 g/mol. The first-order valence-electron chi connectivity index (χ1n) is 6.22. The molecule has 20 heavy (non-hydrogen) atoms. The molecule has 1 heterocycles. The summed E-state index contributed by atoms with van der Waals surface area (Å²) < 4.78 is 6.82. The number of anilines is 1. The summed E-state index contributed by atoms with van der Waals surface area (Å²) in [6.45, 7) is 5.92. The lowest BCUT2D eigenvalue weighted by atomic mass is 10.2. The highest BCUT2D eigenvalue weighted by Gasteiger charge is 2.15. The lowest BCUT2D eigenvalue weighted by Crippen LogP contribution is -2.24. The van der Waals surface area contributed by atoms with Gasteiger partial charge < -0.3 is 10.5 Å². The van der Waals surface area contributed by atoms with Crippen molar-refractivity contribution in [3.05, 3.63) is 40.9 Å². The molecule has 1 aromatic carbocycles. The zero-order valence-corrected chi connectivity index (χ0v) is 14.1. The molecular weight excluding hydrogens is 336 g/mol. The highest BCUT2D eigenvalue weighted by Crippen LogP contribution is 2.32. The van der Waals surface area contributed by atoms with Crippen molar-refractivity contribution in [2.75, 3.05) is 5.73 Å². The molecule has 0 bridgehead atoms. The molecule has 106 valence electrons. The van der Waals surface area contributed by atoms with Gasteiger partial charge in [0.05, 0.1) is 5.69 Å². The Hall–Kier alpha value is -1.20. The Balaban J connectivity index is 2.23. The summed E-state index contributed by atoms with van der Waals surface area (Å²) in [7, 11) is 0. The Morgan fingerprint density at radius 3 is 2.60 bits per heavy atom. The first-order valence-corrected chi connectivity index (χ1v) is 7.83. The summed E-state index contributed by atoms with van der Waals surface area (Å²) in [4.78, 5) is 5.59. The van der Waals surface area contributed by atoms with Crippen LogP contribution < -0.4 is 10.5 Å². The van der Waals surface area contributed by atoms with E-state index in [0.717, 1.165) is 14.4 Å². The number of ether oxygens (including phenoxy) is 1. The molecule has 0 aliphatic carbocycles. The van der Waals surface area contributed by atoms with Gasteiger partial charge in [-0.3, -0.25) is 0 Å². The highest BCUT2D eigenvalue weighted by molar-refractivity contribution is 9.10. The quantitative estimate of drug-likeness (QED) is 0.865. The highest BCUT2D eigenvalue weighted by atomic mass is 79.9. The van der Waals surface area contributed by atoms with E-state index in [-0.39, 0.29) is 5.60 Å². The van der Waals surface area contributed by atoms with Gasteiger partial charge in [-0.15, -0.1) is 0 Å². The zero-order chi connectivity index (χ0) is 14.8. The number of aromatic nitrogens is 1. The maximum Gasteiger partial charge on any atom is 0.238 e. The molecule has 0 aliphatic heterocycles. The van der Waals surface area contributed by atoms with E-state index in [1.807, 2.05) is 57.2 Å². The minimum absolute atomic E-state index is 0.319. The SMILES string of the molecule is CC(C)(C)Oc1nc(Sc2cccc(Br)c2)ccc1N. The summed E-state index contributed by atoms with van der Waals surface area (Å²) in [6, 6.07) is 11.8. The molecule has 5 heteroatoms. The fourth-order valence-electron chi connectivity index (χ4n) is 1.51. The summed E-state index contributed by atoms with van der Waals surface area (Å²) in [5.41, 5.74) is 6.14. The van der Waals surface area contributed by atoms with Crippen molar-refractivity contribution in [3.8, 4) is 5.88 Å². The van der Waals surface area contributed by atoms with Crippen molar-refractivity contribution in [2.24, 2.45) is 0 Å². The number of rotatable bonds is 3. The molecule has 0 unspecified atom stereocenters. The number of benzene rings is 1. The Bertz CT molecular complexity index is 611. The fraction of sp³-hybridized carbons (Fsp3) is 0.267. The molecule has 0 amide bonds. The number of pyridine rings is 1. The standard InChI is InChI=1S/C15H17BrN2OS/c1-15(2,3)19-14-12(17)7-8-13(18-14)20-11-6-4-5-10(16)9-11/h4-9H,17H2,1-3H3. The minimum atomic E-state index is -0.319. The molecule has 2 N–H and O–H groups in total. The van der Waals surface area contributed by atoms with E-state index >= 15 is 0 Å². The molecule has 2 aromatic rings. The predicted molar refractivity (Wildman–Crippen MR) is 87.3 cm³/mol. The minimum Gasteiger partial charge on any atom is -0.470 e. The maximum atomic E-state index is 5.91. The molecule has 0 radical (unpaired) electrons. The van der Waals surface area contributed by atoms with Gasteiger partial charge in [0.25, 0.3) is 0 Å². The zero-order valence-electron chi connectivity index (χ0n) is 11.7. The van der Waals surface area contributed by atoms with Gasteiger partial charge in [0.15, 0.2) is 0 Å². The van der Waals surface area contributed by atoms with E-state index in [9.17, 15) is 0 Å². The van der Waals surface area contributed by atoms with E-state index in [1.54, 1.807) is 11.8 Å². The van der Waals surface area contributed by atoms with Crippen LogP contribution in [0.15, 0.2) is 50.8 Å². The van der Waals surface area contributed by atoms with Crippen LogP contribution in [0.2, 0.25) is 0 Å². The Kier molecular flexibility index (Phi) is 4.60. The molecule has 1 aromatic heterocycles. The lowest BCUT2D eigenvalue weighted by molar-refractivity contribution is 0.124. The van der Waals surface area contributed by atoms with Crippen LogP contribution in [0.4, 0.5) is 5.69 Å². The van der Waals surface area contributed by atoms with Crippen molar-refractivity contribution < 1.29 is 4.74 Å². The van der Waals surface area contributed by atoms with Crippen LogP contribution in [0, 0.1) is 0 Å². The van der Waals surface area contributed by atoms with Gasteiger partial charge in [-0.2, -0.15) is 0 Å². The van der Waals surface area contributed by atoms with Crippen molar-refractivity contribution in [3.63, 3.8) is 0 Å². The van der Waals surface area contributed by atoms with Crippen LogP contribution in [0.1, 0.15) is 20.8 Å². The number of hydrogen-bond donors (Lipinski definition) is 1. The van der Waals surface area contributed by atoms with Gasteiger partial charge in [0, 0.05) is 9.37 Å². The molecule has 0 atom stereocenters. The third-order valence-corrected chi connectivity index (χ3v) is 3.70. The molecule has 2 rings (SSSR count). The van der Waals surface area contributed by atoms with Gasteiger partial charge in [0.2, 0.25) is 5.88 Å². The predicted octanol–water partition coefficient (Wildman–Crippen LogP) is 4.75. The second-order valence-corrected chi connectivity index (χ2v) is 7.33. The van der Waals surface area contributed by atoms with Gasteiger partial charge in [-0.25, -0.2) is 4.98 Å². The Morgan fingerprint density at radius 2 is 1.95 bits per heavy atom. The van der Waals surface area contributed by atoms with Gasteiger partial charge in [-0.05, 0) is 51.1 Å². The second-order valence-electron chi connectivity index (χ2n) is 5.32. The van der Waals surface area contributed by atoms with Gasteiger partial charge in [-0.1, -0.05) is 33.8 Å². The van der Waals surface area contributed by atoms with E-state index in [0.29, 0.717) is 11.6 Å². The number of hydrogen-bond acceptors (Lipinski definition) is 4. The largest absolute Gasteiger partial charge is 0.470 e. The van der Waals surface area contributed by atoms with E-state index in [1.165, 1.54) is 0 Å². The van der Waals surface area contributed by atoms with E-state index in [2.05, 4.69) is 20.9 Å². The summed E-state index contributed by atoms with van der Waals surface area (Å²) in [5.74, 6) is 0.484. The van der Waals surface area contributed by atoms with Gasteiger partial charge in [0.1, 0.15) is 10.6 Å². The van der Waals surface area contributed by atoms with Crippen LogP contribution in [0.3, 0.4) is 0 Å². The van der Waals surface area contributed by atoms with Gasteiger partial charge >= 0.3 is 0 Å². The first-order chi connectivity index (χ1) is 9.33. The second kappa shape index (κ2) is 6.06. The molecule has 0 saturated heterocycles. The van der Waals surface area contributed by atoms with Crippen molar-refractivity contribution in [1.82, 2.24) is 4.98 Å². The average Bonchev–Trinajstić information content (AvgIpc) is 2.32. The van der Waals surface area contributed by atoms with Crippen molar-refractivity contribution in [1.29, 1.82) is 0 Å². The third-order valence-electron chi connectivity index (χ3n) is 2.29. The van der Waals surface area contributed by atoms with Crippen LogP contribution in [0.5, 0.6) is 5.88 Å². The number of nitrogens with zero attached hydrogens (tertiary/aromatic N) is 1. The number of nitrogen functional groups attached to an aromatic ring is 1. The molecule has 0 saturated carbocycles. The Morgan fingerprint density at radius 1 is 1.20 bits per heavy atom.